The maximum Gasteiger partial charge on any atom is 0.171 e. The van der Waals surface area contributed by atoms with E-state index in [4.69, 9.17) is 5.73 Å². The van der Waals surface area contributed by atoms with E-state index in [0.29, 0.717) is 23.0 Å². The van der Waals surface area contributed by atoms with Crippen LogP contribution in [-0.2, 0) is 0 Å². The van der Waals surface area contributed by atoms with Gasteiger partial charge >= 0.3 is 0 Å². The first-order valence-electron chi connectivity index (χ1n) is 6.86. The third kappa shape index (κ3) is 2.59. The molecule has 108 valence electrons. The van der Waals surface area contributed by atoms with E-state index < -0.39 is 0 Å². The topological polar surface area (TPSA) is 83.8 Å². The van der Waals surface area contributed by atoms with Crippen molar-refractivity contribution in [3.05, 3.63) is 28.4 Å². The number of piperidine rings is 1. The molecule has 21 heavy (non-hydrogen) atoms. The first-order chi connectivity index (χ1) is 10.2. The summed E-state index contributed by atoms with van der Waals surface area (Å²) in [5, 5.41) is 13.9. The Hall–Kier alpha value is -2.07. The Morgan fingerprint density at radius 1 is 1.24 bits per heavy atom. The molecule has 0 atom stereocenters. The van der Waals surface area contributed by atoms with Crippen LogP contribution in [0.25, 0.3) is 5.82 Å². The van der Waals surface area contributed by atoms with Crippen molar-refractivity contribution < 1.29 is 0 Å². The number of anilines is 2. The van der Waals surface area contributed by atoms with Crippen LogP contribution in [0.1, 0.15) is 24.8 Å². The predicted molar refractivity (Wildman–Crippen MR) is 84.3 cm³/mol. The molecule has 2 aromatic rings. The van der Waals surface area contributed by atoms with E-state index in [1.165, 1.54) is 11.1 Å². The zero-order valence-corrected chi connectivity index (χ0v) is 13.0. The van der Waals surface area contributed by atoms with Gasteiger partial charge in [-0.05, 0) is 47.3 Å². The fraction of sp³-hybridized carbons (Fsp3) is 0.357. The lowest BCUT2D eigenvalue weighted by Crippen LogP contribution is -2.30. The number of halogens is 1. The number of hydrogen-bond donors (Lipinski definition) is 1. The second kappa shape index (κ2) is 5.74. The Balaban J connectivity index is 2.04. The summed E-state index contributed by atoms with van der Waals surface area (Å²) < 4.78 is 2.42. The highest BCUT2D eigenvalue weighted by Gasteiger charge is 2.23. The van der Waals surface area contributed by atoms with E-state index in [2.05, 4.69) is 37.0 Å². The highest BCUT2D eigenvalue weighted by molar-refractivity contribution is 9.10. The normalized spacial score (nSPS) is 15.0. The summed E-state index contributed by atoms with van der Waals surface area (Å²) in [6.07, 6.45) is 5.15. The van der Waals surface area contributed by atoms with Crippen LogP contribution in [0.3, 0.4) is 0 Å². The van der Waals surface area contributed by atoms with Gasteiger partial charge in [0.15, 0.2) is 11.6 Å². The average molecular weight is 347 g/mol. The Morgan fingerprint density at radius 3 is 2.62 bits per heavy atom. The van der Waals surface area contributed by atoms with E-state index in [1.807, 2.05) is 12.1 Å². The minimum absolute atomic E-state index is 0.341. The van der Waals surface area contributed by atoms with Gasteiger partial charge in [0.05, 0.1) is 0 Å². The number of nitrogens with two attached hydrogens (primary N) is 1. The quantitative estimate of drug-likeness (QED) is 0.902. The molecule has 0 amide bonds. The monoisotopic (exact) mass is 346 g/mol. The molecule has 2 aromatic heterocycles. The molecule has 0 spiro atoms. The SMILES string of the molecule is N#Cc1c(N2CCCCC2)nn(-c2ccc(Br)cn2)c1N. The molecule has 6 nitrogen and oxygen atoms in total. The maximum absolute atomic E-state index is 9.40. The molecule has 0 saturated carbocycles. The van der Waals surface area contributed by atoms with E-state index in [1.54, 1.807) is 6.20 Å². The number of pyridine rings is 1. The highest BCUT2D eigenvalue weighted by atomic mass is 79.9. The summed E-state index contributed by atoms with van der Waals surface area (Å²) in [6, 6.07) is 5.86. The maximum atomic E-state index is 9.40. The second-order valence-electron chi connectivity index (χ2n) is 4.99. The number of nitriles is 1. The summed E-state index contributed by atoms with van der Waals surface area (Å²) in [5.41, 5.74) is 6.52. The molecule has 0 unspecified atom stereocenters. The lowest BCUT2D eigenvalue weighted by molar-refractivity contribution is 0.571. The van der Waals surface area contributed by atoms with Crippen molar-refractivity contribution in [1.29, 1.82) is 5.26 Å². The lowest BCUT2D eigenvalue weighted by atomic mass is 10.1. The molecular weight excluding hydrogens is 332 g/mol. The van der Waals surface area contributed by atoms with Crippen molar-refractivity contribution in [1.82, 2.24) is 14.8 Å². The first-order valence-corrected chi connectivity index (χ1v) is 7.65. The first kappa shape index (κ1) is 13.9. The van der Waals surface area contributed by atoms with E-state index >= 15 is 0 Å². The van der Waals surface area contributed by atoms with E-state index in [0.717, 1.165) is 30.4 Å². The molecule has 0 aliphatic carbocycles. The van der Waals surface area contributed by atoms with Crippen LogP contribution in [0, 0.1) is 11.3 Å². The molecule has 2 N–H and O–H groups in total. The molecule has 1 aliphatic heterocycles. The number of hydrogen-bond acceptors (Lipinski definition) is 5. The number of nitrogens with zero attached hydrogens (tertiary/aromatic N) is 5. The van der Waals surface area contributed by atoms with Gasteiger partial charge in [0.25, 0.3) is 0 Å². The molecule has 1 saturated heterocycles. The van der Waals surface area contributed by atoms with Gasteiger partial charge in [-0.3, -0.25) is 0 Å². The highest BCUT2D eigenvalue weighted by Crippen LogP contribution is 2.28. The largest absolute Gasteiger partial charge is 0.382 e. The molecular formula is C14H15BrN6. The van der Waals surface area contributed by atoms with E-state index in [9.17, 15) is 5.26 Å². The third-order valence-corrected chi connectivity index (χ3v) is 4.07. The van der Waals surface area contributed by atoms with Crippen LogP contribution >= 0.6 is 15.9 Å². The predicted octanol–water partition coefficient (Wildman–Crippen LogP) is 2.47. The third-order valence-electron chi connectivity index (χ3n) is 3.60. The fourth-order valence-corrected chi connectivity index (χ4v) is 2.76. The summed E-state index contributed by atoms with van der Waals surface area (Å²) in [5.74, 6) is 1.61. The molecule has 7 heteroatoms. The lowest BCUT2D eigenvalue weighted by Gasteiger charge is -2.26. The van der Waals surface area contributed by atoms with Gasteiger partial charge in [0, 0.05) is 23.8 Å². The summed E-state index contributed by atoms with van der Waals surface area (Å²) in [6.45, 7) is 1.83. The zero-order valence-electron chi connectivity index (χ0n) is 11.5. The fourth-order valence-electron chi connectivity index (χ4n) is 2.52. The van der Waals surface area contributed by atoms with Crippen LogP contribution in [-0.4, -0.2) is 27.9 Å². The molecule has 1 aliphatic rings. The van der Waals surface area contributed by atoms with Crippen molar-refractivity contribution in [2.75, 3.05) is 23.7 Å². The van der Waals surface area contributed by atoms with Crippen molar-refractivity contribution in [2.45, 2.75) is 19.3 Å². The minimum Gasteiger partial charge on any atom is -0.382 e. The van der Waals surface area contributed by atoms with Crippen LogP contribution in [0.4, 0.5) is 11.6 Å². The molecule has 3 rings (SSSR count). The van der Waals surface area contributed by atoms with Crippen LogP contribution in [0.5, 0.6) is 0 Å². The number of aromatic nitrogens is 3. The van der Waals surface area contributed by atoms with Crippen molar-refractivity contribution >= 4 is 27.6 Å². The smallest absolute Gasteiger partial charge is 0.171 e. The Labute approximate surface area is 131 Å². The van der Waals surface area contributed by atoms with Crippen LogP contribution in [0.15, 0.2) is 22.8 Å². The second-order valence-corrected chi connectivity index (χ2v) is 5.91. The van der Waals surface area contributed by atoms with Gasteiger partial charge in [0.1, 0.15) is 17.5 Å². The molecule has 1 fully saturated rings. The van der Waals surface area contributed by atoms with Crippen molar-refractivity contribution in [3.8, 4) is 11.9 Å². The number of rotatable bonds is 2. The van der Waals surface area contributed by atoms with Gasteiger partial charge in [-0.25, -0.2) is 4.98 Å². The van der Waals surface area contributed by atoms with Crippen LogP contribution in [0.2, 0.25) is 0 Å². The number of nitrogen functional groups attached to an aromatic ring is 1. The summed E-state index contributed by atoms with van der Waals surface area (Å²) >= 11 is 3.35. The van der Waals surface area contributed by atoms with Gasteiger partial charge in [-0.15, -0.1) is 5.10 Å². The van der Waals surface area contributed by atoms with Crippen LogP contribution < -0.4 is 10.6 Å². The Morgan fingerprint density at radius 2 is 2.00 bits per heavy atom. The zero-order chi connectivity index (χ0) is 14.8. The Kier molecular flexibility index (Phi) is 3.80. The minimum atomic E-state index is 0.341. The van der Waals surface area contributed by atoms with Crippen molar-refractivity contribution in [3.63, 3.8) is 0 Å². The van der Waals surface area contributed by atoms with Gasteiger partial charge in [-0.1, -0.05) is 0 Å². The van der Waals surface area contributed by atoms with Gasteiger partial charge in [-0.2, -0.15) is 9.94 Å². The summed E-state index contributed by atoms with van der Waals surface area (Å²) in [4.78, 5) is 6.42. The summed E-state index contributed by atoms with van der Waals surface area (Å²) in [7, 11) is 0. The average Bonchev–Trinajstić information content (AvgIpc) is 2.86. The molecule has 0 radical (unpaired) electrons. The molecule has 3 heterocycles. The molecule has 0 aromatic carbocycles. The standard InChI is InChI=1S/C14H15BrN6/c15-10-4-5-12(18-9-10)21-13(17)11(8-16)14(19-21)20-6-2-1-3-7-20/h4-5,9H,1-3,6-7,17H2. The Bertz CT molecular complexity index is 679. The van der Waals surface area contributed by atoms with Crippen molar-refractivity contribution in [2.24, 2.45) is 0 Å². The molecule has 0 bridgehead atoms. The van der Waals surface area contributed by atoms with Gasteiger partial charge in [0.2, 0.25) is 0 Å². The van der Waals surface area contributed by atoms with E-state index in [-0.39, 0.29) is 0 Å². The van der Waals surface area contributed by atoms with Gasteiger partial charge < -0.3 is 10.6 Å².